The third-order valence-corrected chi connectivity index (χ3v) is 9.85. The van der Waals surface area contributed by atoms with E-state index in [4.69, 9.17) is 4.74 Å². The number of imide groups is 1. The van der Waals surface area contributed by atoms with Crippen LogP contribution in [0.4, 0.5) is 5.69 Å². The number of carbonyl (C=O) groups is 4. The molecule has 2 heterocycles. The average molecular weight is 619 g/mol. The summed E-state index contributed by atoms with van der Waals surface area (Å²) in [5, 5.41) is 16.5. The fraction of sp³-hybridized carbons (Fsp3) is 0.351. The Hall–Kier alpha value is -4.92. The number of carbonyl (C=O) groups excluding carboxylic acids is 4. The normalized spacial score (nSPS) is 14.5. The molecule has 9 heteroatoms. The molecule has 0 aliphatic carbocycles. The summed E-state index contributed by atoms with van der Waals surface area (Å²) < 4.78 is 4.94. The number of cyclic esters (lactones) is 2. The second-order valence-electron chi connectivity index (χ2n) is 12.6. The Labute approximate surface area is 265 Å². The molecule has 9 nitrogen and oxygen atoms in total. The van der Waals surface area contributed by atoms with Gasteiger partial charge in [0, 0.05) is 33.8 Å². The Morgan fingerprint density at radius 1 is 0.630 bits per heavy atom. The first-order valence-electron chi connectivity index (χ1n) is 16.3. The number of hydrogen-bond donors (Lipinski definition) is 0. The number of nitro groups is 1. The summed E-state index contributed by atoms with van der Waals surface area (Å²) in [6, 6.07) is 11.0. The zero-order valence-electron chi connectivity index (χ0n) is 25.9. The zero-order valence-corrected chi connectivity index (χ0v) is 25.9. The summed E-state index contributed by atoms with van der Waals surface area (Å²) >= 11 is 0. The lowest BCUT2D eigenvalue weighted by molar-refractivity contribution is -0.383. The van der Waals surface area contributed by atoms with E-state index < -0.39 is 22.8 Å². The van der Waals surface area contributed by atoms with Crippen LogP contribution in [0.1, 0.15) is 119 Å². The maximum absolute atomic E-state index is 14.4. The van der Waals surface area contributed by atoms with Crippen LogP contribution < -0.4 is 0 Å². The molecule has 2 aliphatic rings. The van der Waals surface area contributed by atoms with Crippen LogP contribution in [0.15, 0.2) is 42.5 Å². The van der Waals surface area contributed by atoms with Gasteiger partial charge in [-0.1, -0.05) is 83.4 Å². The maximum Gasteiger partial charge on any atom is 0.346 e. The highest BCUT2D eigenvalue weighted by Gasteiger charge is 2.40. The molecule has 2 amide bonds. The van der Waals surface area contributed by atoms with Crippen LogP contribution in [0.5, 0.6) is 0 Å². The molecule has 5 aromatic rings. The highest BCUT2D eigenvalue weighted by atomic mass is 16.6. The van der Waals surface area contributed by atoms with Gasteiger partial charge in [-0.3, -0.25) is 24.6 Å². The molecule has 0 saturated heterocycles. The molecule has 5 aromatic carbocycles. The van der Waals surface area contributed by atoms with Crippen molar-refractivity contribution in [3.63, 3.8) is 0 Å². The lowest BCUT2D eigenvalue weighted by atomic mass is 9.82. The molecule has 0 N–H and O–H groups in total. The van der Waals surface area contributed by atoms with Gasteiger partial charge in [0.2, 0.25) is 0 Å². The number of benzene rings is 5. The fourth-order valence-corrected chi connectivity index (χ4v) is 7.70. The van der Waals surface area contributed by atoms with E-state index in [1.165, 1.54) is 17.0 Å². The number of fused-ring (bicyclic) bond motifs is 2. The van der Waals surface area contributed by atoms with E-state index in [0.29, 0.717) is 56.1 Å². The molecule has 0 spiro atoms. The summed E-state index contributed by atoms with van der Waals surface area (Å²) in [6.07, 6.45) is 9.52. The van der Waals surface area contributed by atoms with Crippen LogP contribution >= 0.6 is 0 Å². The van der Waals surface area contributed by atoms with Gasteiger partial charge in [-0.15, -0.1) is 0 Å². The molecule has 7 rings (SSSR count). The van der Waals surface area contributed by atoms with Gasteiger partial charge in [0.1, 0.15) is 0 Å². The van der Waals surface area contributed by atoms with E-state index in [-0.39, 0.29) is 39.7 Å². The Morgan fingerprint density at radius 2 is 1.15 bits per heavy atom. The number of amides is 2. The van der Waals surface area contributed by atoms with Crippen LogP contribution in [-0.2, 0) is 4.74 Å². The minimum Gasteiger partial charge on any atom is -0.386 e. The van der Waals surface area contributed by atoms with Crippen molar-refractivity contribution in [1.29, 1.82) is 0 Å². The van der Waals surface area contributed by atoms with Gasteiger partial charge < -0.3 is 4.74 Å². The third-order valence-electron chi connectivity index (χ3n) is 9.85. The molecule has 0 radical (unpaired) electrons. The van der Waals surface area contributed by atoms with Gasteiger partial charge in [0.05, 0.1) is 27.0 Å². The van der Waals surface area contributed by atoms with E-state index in [9.17, 15) is 29.3 Å². The number of ether oxygens (including phenoxy) is 1. The van der Waals surface area contributed by atoms with E-state index in [2.05, 4.69) is 13.8 Å². The van der Waals surface area contributed by atoms with Crippen LogP contribution in [0.25, 0.3) is 43.1 Å². The highest BCUT2D eigenvalue weighted by molar-refractivity contribution is 6.42. The SMILES string of the molecule is CCCCCCC(CCCCCC)N1C(=O)c2ccc3c4ccc5c6c(ccc(c7c([N+](=O)[O-])cc(c2c37)C1=O)c64)C(=O)OC5=O. The van der Waals surface area contributed by atoms with Gasteiger partial charge in [0.15, 0.2) is 0 Å². The summed E-state index contributed by atoms with van der Waals surface area (Å²) in [4.78, 5) is 67.7. The van der Waals surface area contributed by atoms with Crippen molar-refractivity contribution in [3.8, 4) is 0 Å². The van der Waals surface area contributed by atoms with Gasteiger partial charge in [-0.25, -0.2) is 9.59 Å². The summed E-state index contributed by atoms with van der Waals surface area (Å²) in [7, 11) is 0. The first-order valence-corrected chi connectivity index (χ1v) is 16.3. The summed E-state index contributed by atoms with van der Waals surface area (Å²) in [5.41, 5.74) is 0.655. The molecular formula is C37H34N2O7. The molecular weight excluding hydrogens is 584 g/mol. The predicted octanol–water partition coefficient (Wildman–Crippen LogP) is 8.86. The minimum atomic E-state index is -0.776. The van der Waals surface area contributed by atoms with Crippen LogP contribution in [0.2, 0.25) is 0 Å². The molecule has 46 heavy (non-hydrogen) atoms. The molecule has 2 aliphatic heterocycles. The molecule has 0 fully saturated rings. The lowest BCUT2D eigenvalue weighted by Crippen LogP contribution is -2.47. The van der Waals surface area contributed by atoms with Gasteiger partial charge in [-0.2, -0.15) is 0 Å². The average Bonchev–Trinajstić information content (AvgIpc) is 3.05. The lowest BCUT2D eigenvalue weighted by Gasteiger charge is -2.34. The number of nitro benzene ring substituents is 1. The van der Waals surface area contributed by atoms with Crippen molar-refractivity contribution in [1.82, 2.24) is 4.90 Å². The van der Waals surface area contributed by atoms with E-state index in [1.807, 2.05) is 0 Å². The third kappa shape index (κ3) is 4.35. The molecule has 234 valence electrons. The standard InChI is InChI=1S/C37H34N2O7/c1-3-5-7-9-11-20(12-10-8-6-4-2)38-34(40)24-16-13-22-21-14-17-25-31-26(37(43)46-36(25)42)18-15-23(29(21)31)32-28(39(44)45)19-27(35(38)41)30(24)33(22)32/h13-20H,3-12H2,1-2H3. The maximum atomic E-state index is 14.4. The van der Waals surface area contributed by atoms with E-state index in [0.717, 1.165) is 51.4 Å². The molecule has 0 aromatic heterocycles. The smallest absolute Gasteiger partial charge is 0.346 e. The molecule has 0 atom stereocenters. The number of rotatable bonds is 12. The monoisotopic (exact) mass is 618 g/mol. The first kappa shape index (κ1) is 29.8. The van der Waals surface area contributed by atoms with Crippen molar-refractivity contribution in [2.75, 3.05) is 0 Å². The predicted molar refractivity (Wildman–Crippen MR) is 176 cm³/mol. The van der Waals surface area contributed by atoms with Gasteiger partial charge >= 0.3 is 11.9 Å². The molecule has 0 saturated carbocycles. The van der Waals surface area contributed by atoms with Crippen molar-refractivity contribution in [2.24, 2.45) is 0 Å². The molecule has 0 unspecified atom stereocenters. The Morgan fingerprint density at radius 3 is 1.74 bits per heavy atom. The van der Waals surface area contributed by atoms with Crippen LogP contribution in [0.3, 0.4) is 0 Å². The Balaban J connectivity index is 1.47. The fourth-order valence-electron chi connectivity index (χ4n) is 7.70. The Kier molecular flexibility index (Phi) is 7.42. The van der Waals surface area contributed by atoms with Crippen molar-refractivity contribution < 1.29 is 28.8 Å². The second kappa shape index (κ2) is 11.5. The number of unbranched alkanes of at least 4 members (excludes halogenated alkanes) is 6. The topological polar surface area (TPSA) is 124 Å². The molecule has 0 bridgehead atoms. The van der Waals surface area contributed by atoms with Gasteiger partial charge in [0.25, 0.3) is 17.5 Å². The zero-order chi connectivity index (χ0) is 32.3. The largest absolute Gasteiger partial charge is 0.386 e. The summed E-state index contributed by atoms with van der Waals surface area (Å²) in [5.74, 6) is -2.42. The first-order chi connectivity index (χ1) is 22.3. The Bertz CT molecular complexity index is 2100. The van der Waals surface area contributed by atoms with Crippen molar-refractivity contribution in [2.45, 2.75) is 84.1 Å². The van der Waals surface area contributed by atoms with Crippen LogP contribution in [0, 0.1) is 10.1 Å². The van der Waals surface area contributed by atoms with Crippen molar-refractivity contribution >= 4 is 72.5 Å². The summed E-state index contributed by atoms with van der Waals surface area (Å²) in [6.45, 7) is 4.28. The number of nitrogens with zero attached hydrogens (tertiary/aromatic N) is 2. The number of non-ortho nitro benzene ring substituents is 1. The van der Waals surface area contributed by atoms with E-state index in [1.54, 1.807) is 30.3 Å². The van der Waals surface area contributed by atoms with E-state index >= 15 is 0 Å². The van der Waals surface area contributed by atoms with Crippen molar-refractivity contribution in [3.05, 3.63) is 74.8 Å². The number of hydrogen-bond acceptors (Lipinski definition) is 7. The quantitative estimate of drug-likeness (QED) is 0.0200. The van der Waals surface area contributed by atoms with Gasteiger partial charge in [-0.05, 0) is 52.6 Å². The minimum absolute atomic E-state index is 0.154. The second-order valence-corrected chi connectivity index (χ2v) is 12.6. The number of esters is 2. The highest BCUT2D eigenvalue weighted by Crippen LogP contribution is 2.49. The van der Waals surface area contributed by atoms with Crippen LogP contribution in [-0.4, -0.2) is 39.6 Å².